The van der Waals surface area contributed by atoms with E-state index < -0.39 is 69.9 Å². The Labute approximate surface area is 382 Å². The van der Waals surface area contributed by atoms with Crippen molar-refractivity contribution >= 4 is 74.1 Å². The number of aromatic nitrogens is 3. The molecule has 0 aliphatic carbocycles. The standard InChI is InChI=1S/C38H47N6O19P3S/c1-3-42(4-2)29-14-11-25-19-26(37(47)61-32(25)20-29)12-13-28-15-16-30(67(56,57)58)23-43(28)18-7-5-6-10-34(46)40-17-8-9-27-22-44(38(48)41-36(27)39)35-21-31(45)33(60-35)24-59-65(52,53)63-66(54,55)62-64(49,50)51/h11-16,19-20,22-23,31,33,35,45H,3-7,10,17-18,21,24H2,1-2H3,(H7-,39,40,41,46,48,49,50,51,52,53,54,55,56,57,58)/p+1/t31-,33+,35+/m0/s1. The number of nitrogen functional groups attached to an aromatic ring is 1. The quantitative estimate of drug-likeness (QED) is 0.0148. The Morgan fingerprint density at radius 3 is 2.46 bits per heavy atom. The van der Waals surface area contributed by atoms with Crippen LogP contribution in [0.5, 0.6) is 0 Å². The van der Waals surface area contributed by atoms with Gasteiger partial charge in [-0.2, -0.15) is 26.6 Å². The molecular formula is C38H48N6O19P3S+. The van der Waals surface area contributed by atoms with Crippen LogP contribution in [0.4, 0.5) is 11.5 Å². The zero-order valence-corrected chi connectivity index (χ0v) is 39.2. The van der Waals surface area contributed by atoms with Crippen LogP contribution >= 0.6 is 23.5 Å². The largest absolute Gasteiger partial charge is 0.490 e. The zero-order valence-electron chi connectivity index (χ0n) is 35.7. The summed E-state index contributed by atoms with van der Waals surface area (Å²) in [7, 11) is -21.5. The van der Waals surface area contributed by atoms with Gasteiger partial charge in [-0.3, -0.25) is 18.4 Å². The predicted molar refractivity (Wildman–Crippen MR) is 237 cm³/mol. The number of pyridine rings is 1. The first-order chi connectivity index (χ1) is 31.4. The summed E-state index contributed by atoms with van der Waals surface area (Å²) in [6, 6.07) is 10.1. The Bertz CT molecular complexity index is 2950. The molecule has 1 aromatic carbocycles. The maximum absolute atomic E-state index is 12.9. The van der Waals surface area contributed by atoms with E-state index in [9.17, 15) is 55.9 Å². The maximum Gasteiger partial charge on any atom is 0.490 e. The van der Waals surface area contributed by atoms with Crippen LogP contribution in [0.15, 0.2) is 67.7 Å². The Kier molecular flexibility index (Phi) is 17.8. The molecule has 364 valence electrons. The van der Waals surface area contributed by atoms with Crippen LogP contribution < -0.4 is 31.8 Å². The summed E-state index contributed by atoms with van der Waals surface area (Å²) < 4.78 is 93.5. The van der Waals surface area contributed by atoms with Crippen LogP contribution in [-0.4, -0.2) is 91.6 Å². The minimum absolute atomic E-state index is 0.0265. The van der Waals surface area contributed by atoms with Gasteiger partial charge in [0.05, 0.1) is 30.4 Å². The molecule has 9 N–H and O–H groups in total. The minimum Gasteiger partial charge on any atom is -0.422 e. The molecule has 5 rings (SSSR count). The number of phosphoric ester groups is 1. The number of nitrogens with two attached hydrogens (primary N) is 1. The number of aliphatic hydroxyl groups is 1. The van der Waals surface area contributed by atoms with Gasteiger partial charge >= 0.3 is 34.8 Å². The molecule has 67 heavy (non-hydrogen) atoms. The molecule has 25 nitrogen and oxygen atoms in total. The van der Waals surface area contributed by atoms with Crippen molar-refractivity contribution in [3.05, 3.63) is 86.5 Å². The van der Waals surface area contributed by atoms with E-state index >= 15 is 0 Å². The average Bonchev–Trinajstić information content (AvgIpc) is 3.59. The number of nitrogens with one attached hydrogen (secondary N) is 1. The van der Waals surface area contributed by atoms with Gasteiger partial charge < -0.3 is 49.8 Å². The number of carbonyl (C=O) groups is 1. The number of benzene rings is 1. The third-order valence-electron chi connectivity index (χ3n) is 9.85. The third-order valence-corrected chi connectivity index (χ3v) is 14.5. The summed E-state index contributed by atoms with van der Waals surface area (Å²) in [6.45, 7) is 4.81. The second-order valence-corrected chi connectivity index (χ2v) is 20.5. The highest BCUT2D eigenvalue weighted by molar-refractivity contribution is 7.85. The molecule has 1 fully saturated rings. The van der Waals surface area contributed by atoms with Gasteiger partial charge in [0.25, 0.3) is 10.1 Å². The fourth-order valence-electron chi connectivity index (χ4n) is 6.63. The second kappa shape index (κ2) is 22.5. The molecule has 0 bridgehead atoms. The molecule has 2 unspecified atom stereocenters. The van der Waals surface area contributed by atoms with Crippen molar-refractivity contribution < 1.29 is 83.0 Å². The van der Waals surface area contributed by atoms with Crippen LogP contribution in [-0.2, 0) is 53.0 Å². The summed E-state index contributed by atoms with van der Waals surface area (Å²) in [5.41, 5.74) is 6.55. The molecule has 4 heterocycles. The van der Waals surface area contributed by atoms with E-state index in [1.807, 2.05) is 32.0 Å². The van der Waals surface area contributed by atoms with Gasteiger partial charge in [0, 0.05) is 67.8 Å². The molecule has 1 aliphatic heterocycles. The summed E-state index contributed by atoms with van der Waals surface area (Å²) in [4.78, 5) is 79.9. The first kappa shape index (κ1) is 53.0. The number of fused-ring (bicyclic) bond motifs is 1. The average molecular weight is 1020 g/mol. The van der Waals surface area contributed by atoms with Crippen molar-refractivity contribution in [2.75, 3.05) is 36.9 Å². The summed E-state index contributed by atoms with van der Waals surface area (Å²) in [5, 5.41) is 13.8. The molecule has 5 atom stereocenters. The topological polar surface area (TPSA) is 371 Å². The fraction of sp³-hybridized carbons (Fsp3) is 0.395. The first-order valence-corrected chi connectivity index (χ1v) is 26.1. The van der Waals surface area contributed by atoms with Gasteiger partial charge in [0.15, 0.2) is 11.1 Å². The molecule has 0 saturated carbocycles. The number of aliphatic hydroxyl groups excluding tert-OH is 1. The van der Waals surface area contributed by atoms with Gasteiger partial charge in [0.2, 0.25) is 11.6 Å². The highest BCUT2D eigenvalue weighted by Crippen LogP contribution is 2.66. The fourth-order valence-corrected chi connectivity index (χ4v) is 10.2. The molecule has 3 aromatic heterocycles. The lowest BCUT2D eigenvalue weighted by Gasteiger charge is -2.20. The Morgan fingerprint density at radius 2 is 1.78 bits per heavy atom. The molecule has 4 aromatic rings. The van der Waals surface area contributed by atoms with Crippen LogP contribution in [0.25, 0.3) is 23.1 Å². The Morgan fingerprint density at radius 1 is 1.04 bits per heavy atom. The Hall–Kier alpha value is -4.93. The number of nitrogens with zero attached hydrogens (tertiary/aromatic N) is 4. The van der Waals surface area contributed by atoms with Crippen LogP contribution in [0.2, 0.25) is 0 Å². The number of carbonyl (C=O) groups excluding carboxylic acids is 1. The van der Waals surface area contributed by atoms with E-state index in [4.69, 9.17) is 24.7 Å². The number of amides is 1. The second-order valence-electron chi connectivity index (χ2n) is 14.6. The zero-order chi connectivity index (χ0) is 49.3. The number of rotatable bonds is 21. The molecule has 29 heteroatoms. The number of unbranched alkanes of at least 4 members (excludes halogenated alkanes) is 2. The van der Waals surface area contributed by atoms with Gasteiger partial charge in [-0.25, -0.2) is 23.3 Å². The SMILES string of the molecule is CCN(CC)c1ccc2cc(/C=C/c3ccc(S(=O)(=O)O)c[n+]3CCCCCC(=O)NCC#Cc3cn([C@H]4C[C@H](O)[C@@H](COP(=O)(O)OP(=O)(O)OP(=O)(O)O)O4)c(=O)nc3N)c(=O)oc2c1. The number of aryl methyl sites for hydroxylation is 1. The van der Waals surface area contributed by atoms with Gasteiger partial charge in [-0.1, -0.05) is 11.8 Å². The van der Waals surface area contributed by atoms with E-state index in [1.165, 1.54) is 18.3 Å². The lowest BCUT2D eigenvalue weighted by molar-refractivity contribution is -0.700. The number of anilines is 2. The highest BCUT2D eigenvalue weighted by atomic mass is 32.2. The van der Waals surface area contributed by atoms with Crippen molar-refractivity contribution in [2.45, 2.75) is 75.8 Å². The van der Waals surface area contributed by atoms with Gasteiger partial charge in [-0.05, 0) is 57.0 Å². The number of phosphoric acid groups is 3. The van der Waals surface area contributed by atoms with E-state index in [-0.39, 0.29) is 47.1 Å². The van der Waals surface area contributed by atoms with Gasteiger partial charge in [0.1, 0.15) is 30.3 Å². The molecular weight excluding hydrogens is 969 g/mol. The third kappa shape index (κ3) is 15.5. The Balaban J connectivity index is 1.12. The summed E-state index contributed by atoms with van der Waals surface area (Å²) in [5.74, 6) is 4.73. The number of ether oxygens (including phenoxy) is 1. The van der Waals surface area contributed by atoms with Crippen LogP contribution in [0.1, 0.15) is 69.0 Å². The summed E-state index contributed by atoms with van der Waals surface area (Å²) >= 11 is 0. The van der Waals surface area contributed by atoms with E-state index in [2.05, 4.69) is 40.2 Å². The van der Waals surface area contributed by atoms with E-state index in [0.29, 0.717) is 42.5 Å². The normalized spacial score (nSPS) is 18.3. The lowest BCUT2D eigenvalue weighted by Crippen LogP contribution is -2.37. The number of hydrogen-bond donors (Lipinski definition) is 8. The van der Waals surface area contributed by atoms with Crippen molar-refractivity contribution in [3.63, 3.8) is 0 Å². The number of hydrogen-bond acceptors (Lipinski definition) is 17. The van der Waals surface area contributed by atoms with Crippen molar-refractivity contribution in [1.29, 1.82) is 0 Å². The molecule has 1 aliphatic rings. The van der Waals surface area contributed by atoms with E-state index in [1.54, 1.807) is 22.8 Å². The molecule has 1 amide bonds. The first-order valence-electron chi connectivity index (χ1n) is 20.1. The summed E-state index contributed by atoms with van der Waals surface area (Å²) in [6.07, 6.45) is 2.79. The maximum atomic E-state index is 12.9. The monoisotopic (exact) mass is 1020 g/mol. The predicted octanol–water partition coefficient (Wildman–Crippen LogP) is 2.20. The van der Waals surface area contributed by atoms with E-state index in [0.717, 1.165) is 29.5 Å². The lowest BCUT2D eigenvalue weighted by atomic mass is 10.1. The molecule has 0 spiro atoms. The van der Waals surface area contributed by atoms with Crippen molar-refractivity contribution in [1.82, 2.24) is 14.9 Å². The molecule has 0 radical (unpaired) electrons. The smallest absolute Gasteiger partial charge is 0.422 e. The van der Waals surface area contributed by atoms with Crippen LogP contribution in [0.3, 0.4) is 0 Å². The van der Waals surface area contributed by atoms with Gasteiger partial charge in [-0.15, -0.1) is 0 Å². The minimum atomic E-state index is -5.79. The van der Waals surface area contributed by atoms with Crippen molar-refractivity contribution in [2.24, 2.45) is 0 Å². The molecule has 1 saturated heterocycles. The van der Waals surface area contributed by atoms with Crippen LogP contribution in [0, 0.1) is 11.8 Å². The van der Waals surface area contributed by atoms with Crippen molar-refractivity contribution in [3.8, 4) is 11.8 Å². The highest BCUT2D eigenvalue weighted by Gasteiger charge is 2.43.